The first-order valence-corrected chi connectivity index (χ1v) is 7.36. The molecule has 0 saturated carbocycles. The van der Waals surface area contributed by atoms with E-state index < -0.39 is 0 Å². The smallest absolute Gasteiger partial charge is 0.0526 e. The van der Waals surface area contributed by atoms with Crippen LogP contribution in [0.4, 0.5) is 0 Å². The van der Waals surface area contributed by atoms with Crippen molar-refractivity contribution in [2.45, 2.75) is 39.1 Å². The van der Waals surface area contributed by atoms with Gasteiger partial charge in [-0.1, -0.05) is 13.8 Å². The summed E-state index contributed by atoms with van der Waals surface area (Å²) >= 11 is 1.95. The topological polar surface area (TPSA) is 6.48 Å². The van der Waals surface area contributed by atoms with Crippen molar-refractivity contribution in [3.05, 3.63) is 0 Å². The second-order valence-electron chi connectivity index (χ2n) is 4.89. The molecule has 90 valence electrons. The van der Waals surface area contributed by atoms with Crippen molar-refractivity contribution in [1.82, 2.24) is 9.80 Å². The minimum absolute atomic E-state index is 0.682. The third-order valence-corrected chi connectivity index (χ3v) is 4.73. The highest BCUT2D eigenvalue weighted by molar-refractivity contribution is 7.99. The van der Waals surface area contributed by atoms with E-state index in [1.165, 1.54) is 26.2 Å². The maximum atomic E-state index is 2.63. The average Bonchev–Trinajstić information content (AvgIpc) is 2.27. The third kappa shape index (κ3) is 3.65. The molecule has 2 unspecified atom stereocenters. The Balaban J connectivity index is 2.35. The molecule has 0 spiro atoms. The summed E-state index contributed by atoms with van der Waals surface area (Å²) in [5.74, 6) is 0.773. The Morgan fingerprint density at radius 2 is 1.33 bits per heavy atom. The van der Waals surface area contributed by atoms with Crippen LogP contribution in [0, 0.1) is 5.92 Å². The summed E-state index contributed by atoms with van der Waals surface area (Å²) in [6, 6.07) is 0.733. The first-order valence-electron chi connectivity index (χ1n) is 6.07. The van der Waals surface area contributed by atoms with Gasteiger partial charge in [-0.15, -0.1) is 11.8 Å². The van der Waals surface area contributed by atoms with Crippen molar-refractivity contribution < 1.29 is 0 Å². The molecule has 3 heteroatoms. The lowest BCUT2D eigenvalue weighted by Crippen LogP contribution is -2.52. The fraction of sp³-hybridized carbons (Fsp3) is 1.00. The van der Waals surface area contributed by atoms with Crippen LogP contribution in [0.25, 0.3) is 0 Å². The first kappa shape index (κ1) is 13.3. The molecule has 0 amide bonds. The molecule has 0 aliphatic carbocycles. The van der Waals surface area contributed by atoms with Gasteiger partial charge in [0.25, 0.3) is 0 Å². The Labute approximate surface area is 99.4 Å². The lowest BCUT2D eigenvalue weighted by atomic mass is 10.0. The third-order valence-electron chi connectivity index (χ3n) is 3.74. The molecule has 1 aliphatic rings. The van der Waals surface area contributed by atoms with Gasteiger partial charge in [0, 0.05) is 32.2 Å². The summed E-state index contributed by atoms with van der Waals surface area (Å²) in [5, 5.41) is 0.682. The summed E-state index contributed by atoms with van der Waals surface area (Å²) in [5.41, 5.74) is 0. The number of hydrogen-bond acceptors (Lipinski definition) is 3. The predicted molar refractivity (Wildman–Crippen MR) is 70.4 cm³/mol. The van der Waals surface area contributed by atoms with Gasteiger partial charge in [0.2, 0.25) is 0 Å². The van der Waals surface area contributed by atoms with E-state index >= 15 is 0 Å². The Morgan fingerprint density at radius 1 is 0.867 bits per heavy atom. The quantitative estimate of drug-likeness (QED) is 0.732. The fourth-order valence-corrected chi connectivity index (χ4v) is 2.59. The van der Waals surface area contributed by atoms with Crippen molar-refractivity contribution >= 4 is 11.8 Å². The van der Waals surface area contributed by atoms with Crippen LogP contribution in [0.3, 0.4) is 0 Å². The monoisotopic (exact) mass is 230 g/mol. The van der Waals surface area contributed by atoms with Gasteiger partial charge in [-0.3, -0.25) is 9.80 Å². The molecule has 0 aromatic carbocycles. The Bertz CT molecular complexity index is 176. The number of thioether (sulfide) groups is 1. The lowest BCUT2D eigenvalue weighted by Gasteiger charge is -2.41. The summed E-state index contributed by atoms with van der Waals surface area (Å²) in [6.07, 6.45) is 2.20. The van der Waals surface area contributed by atoms with E-state index in [0.29, 0.717) is 5.37 Å². The van der Waals surface area contributed by atoms with Crippen molar-refractivity contribution in [3.63, 3.8) is 0 Å². The second-order valence-corrected chi connectivity index (χ2v) is 6.05. The van der Waals surface area contributed by atoms with E-state index in [1.807, 2.05) is 11.8 Å². The molecule has 0 N–H and O–H groups in total. The summed E-state index contributed by atoms with van der Waals surface area (Å²) in [6.45, 7) is 14.3. The predicted octanol–water partition coefficient (Wildman–Crippen LogP) is 2.36. The molecule has 15 heavy (non-hydrogen) atoms. The maximum absolute atomic E-state index is 2.63. The molecule has 1 rings (SSSR count). The summed E-state index contributed by atoms with van der Waals surface area (Å²) in [7, 11) is 0. The van der Waals surface area contributed by atoms with Crippen molar-refractivity contribution in [3.8, 4) is 0 Å². The highest BCUT2D eigenvalue weighted by Crippen LogP contribution is 2.17. The zero-order chi connectivity index (χ0) is 11.4. The largest absolute Gasteiger partial charge is 0.298 e. The first-order chi connectivity index (χ1) is 7.06. The van der Waals surface area contributed by atoms with E-state index in [9.17, 15) is 0 Å². The number of rotatable bonds is 4. The van der Waals surface area contributed by atoms with Gasteiger partial charge < -0.3 is 0 Å². The van der Waals surface area contributed by atoms with Gasteiger partial charge in [-0.25, -0.2) is 0 Å². The van der Waals surface area contributed by atoms with E-state index in [-0.39, 0.29) is 0 Å². The Kier molecular flexibility index (Phi) is 5.44. The van der Waals surface area contributed by atoms with Gasteiger partial charge >= 0.3 is 0 Å². The molecule has 1 aliphatic heterocycles. The van der Waals surface area contributed by atoms with Gasteiger partial charge in [0.1, 0.15) is 0 Å². The van der Waals surface area contributed by atoms with Gasteiger partial charge in [0.05, 0.1) is 5.37 Å². The zero-order valence-corrected chi connectivity index (χ0v) is 11.7. The highest BCUT2D eigenvalue weighted by atomic mass is 32.2. The molecule has 0 aromatic heterocycles. The van der Waals surface area contributed by atoms with E-state index in [0.717, 1.165) is 12.0 Å². The van der Waals surface area contributed by atoms with Gasteiger partial charge in [-0.05, 0) is 26.0 Å². The average molecular weight is 230 g/mol. The molecule has 0 radical (unpaired) electrons. The van der Waals surface area contributed by atoms with Crippen LogP contribution in [-0.4, -0.2) is 53.7 Å². The highest BCUT2D eigenvalue weighted by Gasteiger charge is 2.24. The molecule has 2 nitrogen and oxygen atoms in total. The molecule has 1 saturated heterocycles. The van der Waals surface area contributed by atoms with Crippen LogP contribution in [0.5, 0.6) is 0 Å². The summed E-state index contributed by atoms with van der Waals surface area (Å²) in [4.78, 5) is 5.22. The van der Waals surface area contributed by atoms with Crippen LogP contribution in [0.15, 0.2) is 0 Å². The SMILES string of the molecule is CSC(C)N1CCN(C(C)C(C)C)CC1. The van der Waals surface area contributed by atoms with E-state index in [1.54, 1.807) is 0 Å². The van der Waals surface area contributed by atoms with E-state index in [2.05, 4.69) is 43.8 Å². The van der Waals surface area contributed by atoms with Crippen molar-refractivity contribution in [1.29, 1.82) is 0 Å². The normalized spacial score (nSPS) is 24.4. The Morgan fingerprint density at radius 3 is 1.73 bits per heavy atom. The van der Waals surface area contributed by atoms with Gasteiger partial charge in [-0.2, -0.15) is 0 Å². The van der Waals surface area contributed by atoms with Crippen LogP contribution < -0.4 is 0 Å². The molecular weight excluding hydrogens is 204 g/mol. The fourth-order valence-electron chi connectivity index (χ4n) is 2.08. The minimum Gasteiger partial charge on any atom is -0.298 e. The van der Waals surface area contributed by atoms with Crippen molar-refractivity contribution in [2.24, 2.45) is 5.92 Å². The molecular formula is C12H26N2S. The number of hydrogen-bond donors (Lipinski definition) is 0. The van der Waals surface area contributed by atoms with Crippen LogP contribution in [0.1, 0.15) is 27.7 Å². The van der Waals surface area contributed by atoms with Crippen molar-refractivity contribution in [2.75, 3.05) is 32.4 Å². The lowest BCUT2D eigenvalue weighted by molar-refractivity contribution is 0.0814. The molecule has 0 bridgehead atoms. The standard InChI is InChI=1S/C12H26N2S/c1-10(2)11(3)13-6-8-14(9-7-13)12(4)15-5/h10-12H,6-9H2,1-5H3. The van der Waals surface area contributed by atoms with Gasteiger partial charge in [0.15, 0.2) is 0 Å². The second kappa shape index (κ2) is 6.12. The zero-order valence-electron chi connectivity index (χ0n) is 10.9. The number of piperazine rings is 1. The maximum Gasteiger partial charge on any atom is 0.0526 e. The summed E-state index contributed by atoms with van der Waals surface area (Å²) < 4.78 is 0. The van der Waals surface area contributed by atoms with Crippen LogP contribution in [0.2, 0.25) is 0 Å². The molecule has 2 atom stereocenters. The van der Waals surface area contributed by atoms with Crippen LogP contribution in [-0.2, 0) is 0 Å². The number of nitrogens with zero attached hydrogens (tertiary/aromatic N) is 2. The molecule has 0 aromatic rings. The Hall–Kier alpha value is 0.270. The van der Waals surface area contributed by atoms with E-state index in [4.69, 9.17) is 0 Å². The molecule has 1 fully saturated rings. The van der Waals surface area contributed by atoms with Crippen LogP contribution >= 0.6 is 11.8 Å². The minimum atomic E-state index is 0.682. The molecule has 1 heterocycles.